The third kappa shape index (κ3) is 4.31. The van der Waals surface area contributed by atoms with E-state index in [-0.39, 0.29) is 18.6 Å². The summed E-state index contributed by atoms with van der Waals surface area (Å²) in [6, 6.07) is 26.9. The number of nitrogens with zero attached hydrogens (tertiary/aromatic N) is 2. The minimum atomic E-state index is -0.207. The van der Waals surface area contributed by atoms with E-state index in [4.69, 9.17) is 9.47 Å². The fourth-order valence-electron chi connectivity index (χ4n) is 4.67. The van der Waals surface area contributed by atoms with E-state index in [0.717, 1.165) is 35.1 Å². The van der Waals surface area contributed by atoms with E-state index in [9.17, 15) is 9.59 Å². The molecule has 1 saturated heterocycles. The molecule has 1 fully saturated rings. The quantitative estimate of drug-likeness (QED) is 0.456. The highest BCUT2D eigenvalue weighted by atomic mass is 16.7. The summed E-state index contributed by atoms with van der Waals surface area (Å²) in [6.45, 7) is 3.00. The van der Waals surface area contributed by atoms with Crippen molar-refractivity contribution in [2.75, 3.05) is 43.2 Å². The molecule has 7 nitrogen and oxygen atoms in total. The molecule has 180 valence electrons. The van der Waals surface area contributed by atoms with E-state index in [1.807, 2.05) is 65.6 Å². The topological polar surface area (TPSA) is 71.1 Å². The number of nitrogens with one attached hydrogen (secondary N) is 1. The number of ether oxygens (including phenoxy) is 2. The van der Waals surface area contributed by atoms with Crippen LogP contribution >= 0.6 is 0 Å². The molecule has 0 bridgehead atoms. The van der Waals surface area contributed by atoms with E-state index in [1.54, 1.807) is 18.2 Å². The average molecular weight is 480 g/mol. The minimum absolute atomic E-state index is 0.0713. The summed E-state index contributed by atoms with van der Waals surface area (Å²) in [5.41, 5.74) is 3.01. The molecule has 7 heteroatoms. The Balaban J connectivity index is 1.06. The predicted molar refractivity (Wildman–Crippen MR) is 139 cm³/mol. The first kappa shape index (κ1) is 22.0. The number of carbonyl (C=O) groups excluding carboxylic acids is 2. The summed E-state index contributed by atoms with van der Waals surface area (Å²) in [5, 5.41) is 5.14. The first-order chi connectivity index (χ1) is 17.6. The highest BCUT2D eigenvalue weighted by Crippen LogP contribution is 2.32. The number of hydrogen-bond acceptors (Lipinski definition) is 5. The van der Waals surface area contributed by atoms with Gasteiger partial charge in [0.2, 0.25) is 6.79 Å². The standard InChI is InChI=1S/C29H25N3O4/c33-28(22-7-12-26-27(18-22)36-19-35-26)30-24-8-10-25(11-9-24)31-13-15-32(16-14-31)29(34)23-6-5-20-3-1-2-4-21(20)17-23/h1-12,17-18H,13-16,19H2,(H,30,33). The number of piperazine rings is 1. The number of rotatable bonds is 4. The lowest BCUT2D eigenvalue weighted by Crippen LogP contribution is -2.48. The molecule has 36 heavy (non-hydrogen) atoms. The Morgan fingerprint density at radius 3 is 2.22 bits per heavy atom. The number of fused-ring (bicyclic) bond motifs is 2. The van der Waals surface area contributed by atoms with Gasteiger partial charge in [0.05, 0.1) is 0 Å². The summed E-state index contributed by atoms with van der Waals surface area (Å²) in [5.74, 6) is 1.09. The van der Waals surface area contributed by atoms with Crippen LogP contribution in [0.15, 0.2) is 84.9 Å². The molecular weight excluding hydrogens is 454 g/mol. The molecule has 0 atom stereocenters. The van der Waals surface area contributed by atoms with Crippen LogP contribution in [0.5, 0.6) is 11.5 Å². The molecule has 0 aliphatic carbocycles. The first-order valence-electron chi connectivity index (χ1n) is 12.0. The molecule has 6 rings (SSSR count). The van der Waals surface area contributed by atoms with Crippen LogP contribution < -0.4 is 19.7 Å². The van der Waals surface area contributed by atoms with Crippen LogP contribution in [0.1, 0.15) is 20.7 Å². The zero-order chi connectivity index (χ0) is 24.5. The van der Waals surface area contributed by atoms with E-state index in [1.165, 1.54) is 0 Å². The molecule has 2 amide bonds. The van der Waals surface area contributed by atoms with Crippen molar-refractivity contribution in [3.8, 4) is 11.5 Å². The van der Waals surface area contributed by atoms with Crippen molar-refractivity contribution in [3.63, 3.8) is 0 Å². The Labute approximate surface area is 208 Å². The number of hydrogen-bond donors (Lipinski definition) is 1. The number of carbonyl (C=O) groups is 2. The SMILES string of the molecule is O=C(Nc1ccc(N2CCN(C(=O)c3ccc4ccccc4c3)CC2)cc1)c1ccc2c(c1)OCO2. The van der Waals surface area contributed by atoms with Crippen LogP contribution in [-0.4, -0.2) is 49.7 Å². The van der Waals surface area contributed by atoms with Crippen LogP contribution in [-0.2, 0) is 0 Å². The fourth-order valence-corrected chi connectivity index (χ4v) is 4.67. The maximum absolute atomic E-state index is 13.1. The van der Waals surface area contributed by atoms with E-state index in [2.05, 4.69) is 16.3 Å². The Bertz CT molecular complexity index is 1440. The molecule has 0 radical (unpaired) electrons. The van der Waals surface area contributed by atoms with Crippen molar-refractivity contribution in [1.29, 1.82) is 0 Å². The Morgan fingerprint density at radius 2 is 1.42 bits per heavy atom. The molecule has 4 aromatic rings. The van der Waals surface area contributed by atoms with Crippen LogP contribution in [0.3, 0.4) is 0 Å². The molecule has 0 saturated carbocycles. The van der Waals surface area contributed by atoms with Crippen molar-refractivity contribution in [1.82, 2.24) is 4.90 Å². The molecular formula is C29H25N3O4. The third-order valence-electron chi connectivity index (χ3n) is 6.69. The molecule has 2 heterocycles. The van der Waals surface area contributed by atoms with Crippen molar-refractivity contribution >= 4 is 34.0 Å². The highest BCUT2D eigenvalue weighted by molar-refractivity contribution is 6.04. The molecule has 1 N–H and O–H groups in total. The number of benzene rings is 4. The Morgan fingerprint density at radius 1 is 0.694 bits per heavy atom. The maximum atomic E-state index is 13.1. The normalized spacial score (nSPS) is 14.7. The number of anilines is 2. The summed E-state index contributed by atoms with van der Waals surface area (Å²) in [6.07, 6.45) is 0. The van der Waals surface area contributed by atoms with Gasteiger partial charge in [0.15, 0.2) is 11.5 Å². The van der Waals surface area contributed by atoms with Crippen LogP contribution in [0, 0.1) is 0 Å². The van der Waals surface area contributed by atoms with Gasteiger partial charge < -0.3 is 24.6 Å². The van der Waals surface area contributed by atoms with Crippen LogP contribution in [0.2, 0.25) is 0 Å². The van der Waals surface area contributed by atoms with E-state index >= 15 is 0 Å². The smallest absolute Gasteiger partial charge is 0.255 e. The van der Waals surface area contributed by atoms with Crippen molar-refractivity contribution < 1.29 is 19.1 Å². The summed E-state index contributed by atoms with van der Waals surface area (Å²) in [7, 11) is 0. The zero-order valence-electron chi connectivity index (χ0n) is 19.6. The lowest BCUT2D eigenvalue weighted by atomic mass is 10.1. The van der Waals surface area contributed by atoms with Gasteiger partial charge in [0.25, 0.3) is 11.8 Å². The predicted octanol–water partition coefficient (Wildman–Crippen LogP) is 4.78. The maximum Gasteiger partial charge on any atom is 0.255 e. The van der Waals surface area contributed by atoms with Crippen molar-refractivity contribution in [2.24, 2.45) is 0 Å². The first-order valence-corrected chi connectivity index (χ1v) is 12.0. The van der Waals surface area contributed by atoms with Crippen LogP contribution in [0.25, 0.3) is 10.8 Å². The average Bonchev–Trinajstić information content (AvgIpc) is 3.41. The molecule has 0 unspecified atom stereocenters. The van der Waals surface area contributed by atoms with Gasteiger partial charge in [-0.15, -0.1) is 0 Å². The Kier molecular flexibility index (Phi) is 5.65. The van der Waals surface area contributed by atoms with Gasteiger partial charge in [-0.25, -0.2) is 0 Å². The van der Waals surface area contributed by atoms with Crippen LogP contribution in [0.4, 0.5) is 11.4 Å². The van der Waals surface area contributed by atoms with Gasteiger partial charge in [-0.05, 0) is 65.4 Å². The largest absolute Gasteiger partial charge is 0.454 e. The van der Waals surface area contributed by atoms with Gasteiger partial charge in [-0.2, -0.15) is 0 Å². The molecule has 0 aromatic heterocycles. The second-order valence-corrected chi connectivity index (χ2v) is 8.91. The molecule has 2 aliphatic heterocycles. The fraction of sp³-hybridized carbons (Fsp3) is 0.172. The molecule has 4 aromatic carbocycles. The van der Waals surface area contributed by atoms with Gasteiger partial charge in [-0.1, -0.05) is 30.3 Å². The van der Waals surface area contributed by atoms with Gasteiger partial charge in [-0.3, -0.25) is 9.59 Å². The van der Waals surface area contributed by atoms with Gasteiger partial charge >= 0.3 is 0 Å². The third-order valence-corrected chi connectivity index (χ3v) is 6.69. The second kappa shape index (κ2) is 9.26. The Hall–Kier alpha value is -4.52. The lowest BCUT2D eigenvalue weighted by molar-refractivity contribution is 0.0746. The van der Waals surface area contributed by atoms with Crippen molar-refractivity contribution in [2.45, 2.75) is 0 Å². The second-order valence-electron chi connectivity index (χ2n) is 8.91. The highest BCUT2D eigenvalue weighted by Gasteiger charge is 2.23. The minimum Gasteiger partial charge on any atom is -0.454 e. The monoisotopic (exact) mass is 479 g/mol. The summed E-state index contributed by atoms with van der Waals surface area (Å²) >= 11 is 0. The molecule has 2 aliphatic rings. The number of amides is 2. The van der Waals surface area contributed by atoms with E-state index < -0.39 is 0 Å². The van der Waals surface area contributed by atoms with E-state index in [0.29, 0.717) is 35.8 Å². The lowest BCUT2D eigenvalue weighted by Gasteiger charge is -2.36. The van der Waals surface area contributed by atoms with Crippen molar-refractivity contribution in [3.05, 3.63) is 96.1 Å². The van der Waals surface area contributed by atoms with Gasteiger partial charge in [0, 0.05) is 48.7 Å². The molecule has 0 spiro atoms. The van der Waals surface area contributed by atoms with Gasteiger partial charge in [0.1, 0.15) is 0 Å². The zero-order valence-corrected chi connectivity index (χ0v) is 19.6. The summed E-state index contributed by atoms with van der Waals surface area (Å²) in [4.78, 5) is 29.9. The summed E-state index contributed by atoms with van der Waals surface area (Å²) < 4.78 is 10.7.